The number of phenolic OH excluding ortho intramolecular Hbond substituents is 1. The maximum Gasteiger partial charge on any atom is 0.118 e. The lowest BCUT2D eigenvalue weighted by atomic mass is 10.2. The van der Waals surface area contributed by atoms with Crippen molar-refractivity contribution in [1.29, 1.82) is 0 Å². The average molecular weight is 204 g/mol. The van der Waals surface area contributed by atoms with Crippen molar-refractivity contribution in [3.8, 4) is 11.4 Å². The SMILES string of the molecule is CC.Cc1cc(-n2cccn2)ccc1O. The molecule has 0 amide bonds. The van der Waals surface area contributed by atoms with Crippen LogP contribution in [0.2, 0.25) is 0 Å². The van der Waals surface area contributed by atoms with Gasteiger partial charge in [-0.1, -0.05) is 13.8 Å². The molecular weight excluding hydrogens is 188 g/mol. The van der Waals surface area contributed by atoms with Crippen molar-refractivity contribution in [3.63, 3.8) is 0 Å². The lowest BCUT2D eigenvalue weighted by Crippen LogP contribution is -1.93. The van der Waals surface area contributed by atoms with Gasteiger partial charge in [0.05, 0.1) is 5.69 Å². The highest BCUT2D eigenvalue weighted by Crippen LogP contribution is 2.18. The van der Waals surface area contributed by atoms with E-state index in [0.29, 0.717) is 5.75 Å². The normalized spacial score (nSPS) is 9.27. The van der Waals surface area contributed by atoms with E-state index in [2.05, 4.69) is 5.10 Å². The highest BCUT2D eigenvalue weighted by Gasteiger charge is 1.99. The number of rotatable bonds is 1. The van der Waals surface area contributed by atoms with Gasteiger partial charge in [0.2, 0.25) is 0 Å². The Morgan fingerprint density at radius 3 is 2.53 bits per heavy atom. The zero-order valence-corrected chi connectivity index (χ0v) is 9.31. The molecular formula is C12H16N2O. The topological polar surface area (TPSA) is 38.0 Å². The summed E-state index contributed by atoms with van der Waals surface area (Å²) in [4.78, 5) is 0. The minimum atomic E-state index is 0.316. The Balaban J connectivity index is 0.000000531. The third-order valence-electron chi connectivity index (χ3n) is 1.95. The number of phenols is 1. The van der Waals surface area contributed by atoms with E-state index in [1.54, 1.807) is 16.9 Å². The first-order chi connectivity index (χ1) is 7.27. The van der Waals surface area contributed by atoms with E-state index in [1.165, 1.54) is 0 Å². The molecule has 0 radical (unpaired) electrons. The Bertz CT molecular complexity index is 408. The van der Waals surface area contributed by atoms with Gasteiger partial charge < -0.3 is 5.11 Å². The van der Waals surface area contributed by atoms with Crippen molar-refractivity contribution in [2.75, 3.05) is 0 Å². The van der Waals surface area contributed by atoms with Crippen LogP contribution in [0.25, 0.3) is 5.69 Å². The maximum absolute atomic E-state index is 9.31. The van der Waals surface area contributed by atoms with Crippen LogP contribution in [0.5, 0.6) is 5.75 Å². The van der Waals surface area contributed by atoms with Gasteiger partial charge >= 0.3 is 0 Å². The molecule has 0 spiro atoms. The minimum absolute atomic E-state index is 0.316. The third-order valence-corrected chi connectivity index (χ3v) is 1.95. The molecule has 0 saturated carbocycles. The molecule has 1 heterocycles. The van der Waals surface area contributed by atoms with E-state index in [1.807, 2.05) is 45.2 Å². The molecule has 0 aliphatic heterocycles. The molecule has 0 aliphatic carbocycles. The Labute approximate surface area is 90.0 Å². The highest BCUT2D eigenvalue weighted by atomic mass is 16.3. The lowest BCUT2D eigenvalue weighted by molar-refractivity contribution is 0.471. The molecule has 1 aromatic heterocycles. The second-order valence-corrected chi connectivity index (χ2v) is 2.92. The van der Waals surface area contributed by atoms with Crippen molar-refractivity contribution in [2.24, 2.45) is 0 Å². The molecule has 0 fully saturated rings. The van der Waals surface area contributed by atoms with Crippen molar-refractivity contribution < 1.29 is 5.11 Å². The van der Waals surface area contributed by atoms with Crippen LogP contribution in [-0.2, 0) is 0 Å². The molecule has 0 bridgehead atoms. The van der Waals surface area contributed by atoms with Crippen molar-refractivity contribution >= 4 is 0 Å². The number of hydrogen-bond donors (Lipinski definition) is 1. The molecule has 0 atom stereocenters. The largest absolute Gasteiger partial charge is 0.508 e. The quantitative estimate of drug-likeness (QED) is 0.775. The van der Waals surface area contributed by atoms with Gasteiger partial charge in [-0.2, -0.15) is 5.10 Å². The second kappa shape index (κ2) is 5.20. The van der Waals surface area contributed by atoms with Crippen LogP contribution >= 0.6 is 0 Å². The number of benzene rings is 1. The Morgan fingerprint density at radius 1 is 1.27 bits per heavy atom. The fourth-order valence-electron chi connectivity index (χ4n) is 1.20. The van der Waals surface area contributed by atoms with Crippen LogP contribution in [0.15, 0.2) is 36.7 Å². The second-order valence-electron chi connectivity index (χ2n) is 2.92. The molecule has 1 aromatic carbocycles. The summed E-state index contributed by atoms with van der Waals surface area (Å²) in [5.74, 6) is 0.316. The van der Waals surface area contributed by atoms with Crippen LogP contribution in [0.3, 0.4) is 0 Å². The first-order valence-corrected chi connectivity index (χ1v) is 5.07. The molecule has 3 nitrogen and oxygen atoms in total. The van der Waals surface area contributed by atoms with Crippen LogP contribution in [-0.4, -0.2) is 14.9 Å². The molecule has 3 heteroatoms. The average Bonchev–Trinajstić information content (AvgIpc) is 2.78. The molecule has 80 valence electrons. The summed E-state index contributed by atoms with van der Waals surface area (Å²) in [5, 5.41) is 13.4. The van der Waals surface area contributed by atoms with Crippen molar-refractivity contribution in [2.45, 2.75) is 20.8 Å². The molecule has 15 heavy (non-hydrogen) atoms. The smallest absolute Gasteiger partial charge is 0.118 e. The fourth-order valence-corrected chi connectivity index (χ4v) is 1.20. The molecule has 0 aliphatic rings. The van der Waals surface area contributed by atoms with E-state index in [4.69, 9.17) is 0 Å². The monoisotopic (exact) mass is 204 g/mol. The molecule has 0 saturated heterocycles. The summed E-state index contributed by atoms with van der Waals surface area (Å²) < 4.78 is 1.76. The number of aromatic nitrogens is 2. The minimum Gasteiger partial charge on any atom is -0.508 e. The lowest BCUT2D eigenvalue weighted by Gasteiger charge is -2.03. The van der Waals surface area contributed by atoms with Gasteiger partial charge in [-0.25, -0.2) is 4.68 Å². The molecule has 0 unspecified atom stereocenters. The standard InChI is InChI=1S/C10H10N2O.C2H6/c1-8-7-9(3-4-10(8)13)12-6-2-5-11-12;1-2/h2-7,13H,1H3;1-2H3. The summed E-state index contributed by atoms with van der Waals surface area (Å²) >= 11 is 0. The van der Waals surface area contributed by atoms with E-state index < -0.39 is 0 Å². The van der Waals surface area contributed by atoms with Gasteiger partial charge in [0, 0.05) is 12.4 Å². The molecule has 2 rings (SSSR count). The number of aryl methyl sites for hydroxylation is 1. The highest BCUT2D eigenvalue weighted by molar-refractivity contribution is 5.42. The van der Waals surface area contributed by atoms with Crippen molar-refractivity contribution in [1.82, 2.24) is 9.78 Å². The third kappa shape index (κ3) is 2.59. The first kappa shape index (κ1) is 11.3. The number of nitrogens with zero attached hydrogens (tertiary/aromatic N) is 2. The fraction of sp³-hybridized carbons (Fsp3) is 0.250. The predicted molar refractivity (Wildman–Crippen MR) is 61.3 cm³/mol. The number of aromatic hydroxyl groups is 1. The van der Waals surface area contributed by atoms with Gasteiger partial charge in [-0.05, 0) is 36.8 Å². The maximum atomic E-state index is 9.31. The van der Waals surface area contributed by atoms with Crippen LogP contribution in [0, 0.1) is 6.92 Å². The predicted octanol–water partition coefficient (Wildman–Crippen LogP) is 2.91. The van der Waals surface area contributed by atoms with E-state index in [-0.39, 0.29) is 0 Å². The number of hydrogen-bond acceptors (Lipinski definition) is 2. The van der Waals surface area contributed by atoms with E-state index >= 15 is 0 Å². The summed E-state index contributed by atoms with van der Waals surface area (Å²) in [6.07, 6.45) is 3.59. The van der Waals surface area contributed by atoms with Crippen LogP contribution in [0.4, 0.5) is 0 Å². The van der Waals surface area contributed by atoms with E-state index in [0.717, 1.165) is 11.3 Å². The summed E-state index contributed by atoms with van der Waals surface area (Å²) in [6.45, 7) is 5.86. The summed E-state index contributed by atoms with van der Waals surface area (Å²) in [5.41, 5.74) is 1.81. The van der Waals surface area contributed by atoms with Gasteiger partial charge in [-0.3, -0.25) is 0 Å². The Morgan fingerprint density at radius 2 is 2.00 bits per heavy atom. The molecule has 2 aromatic rings. The van der Waals surface area contributed by atoms with Gasteiger partial charge in [-0.15, -0.1) is 0 Å². The Hall–Kier alpha value is -1.77. The first-order valence-electron chi connectivity index (χ1n) is 5.07. The zero-order chi connectivity index (χ0) is 11.3. The van der Waals surface area contributed by atoms with Crippen LogP contribution in [0.1, 0.15) is 19.4 Å². The van der Waals surface area contributed by atoms with Gasteiger partial charge in [0.1, 0.15) is 5.75 Å². The Kier molecular flexibility index (Phi) is 3.92. The van der Waals surface area contributed by atoms with E-state index in [9.17, 15) is 5.11 Å². The molecule has 1 N–H and O–H groups in total. The van der Waals surface area contributed by atoms with Crippen molar-refractivity contribution in [3.05, 3.63) is 42.2 Å². The zero-order valence-electron chi connectivity index (χ0n) is 9.31. The summed E-state index contributed by atoms with van der Waals surface area (Å²) in [7, 11) is 0. The van der Waals surface area contributed by atoms with Crippen LogP contribution < -0.4 is 0 Å². The van der Waals surface area contributed by atoms with Gasteiger partial charge in [0.15, 0.2) is 0 Å². The van der Waals surface area contributed by atoms with Gasteiger partial charge in [0.25, 0.3) is 0 Å². The summed E-state index contributed by atoms with van der Waals surface area (Å²) in [6, 6.07) is 7.26.